The summed E-state index contributed by atoms with van der Waals surface area (Å²) in [6, 6.07) is 3.51. The highest BCUT2D eigenvalue weighted by atomic mass is 16.3. The van der Waals surface area contributed by atoms with Gasteiger partial charge in [-0.1, -0.05) is 0 Å². The fraction of sp³-hybridized carbons (Fsp3) is 0.682. The average Bonchev–Trinajstić information content (AvgIpc) is 2.75. The molecule has 3 fully saturated rings. The Morgan fingerprint density at radius 3 is 2.59 bits per heavy atom. The van der Waals surface area contributed by atoms with Crippen LogP contribution in [0.3, 0.4) is 0 Å². The molecule has 0 spiro atoms. The number of rotatable bonds is 3. The third-order valence-corrected chi connectivity index (χ3v) is 7.13. The van der Waals surface area contributed by atoms with Crippen molar-refractivity contribution in [3.8, 4) is 0 Å². The van der Waals surface area contributed by atoms with E-state index in [1.165, 1.54) is 0 Å². The molecule has 0 bridgehead atoms. The Hall–Kier alpha value is -1.99. The normalized spacial score (nSPS) is 33.0. The number of hydrogen-bond donors (Lipinski definition) is 2. The summed E-state index contributed by atoms with van der Waals surface area (Å²) in [6.07, 6.45) is 8.63. The molecule has 7 nitrogen and oxygen atoms in total. The minimum Gasteiger partial charge on any atom is -0.393 e. The van der Waals surface area contributed by atoms with E-state index in [1.54, 1.807) is 24.5 Å². The molecule has 0 radical (unpaired) electrons. The molecule has 4 rings (SSSR count). The van der Waals surface area contributed by atoms with Crippen molar-refractivity contribution in [2.75, 3.05) is 26.7 Å². The zero-order valence-corrected chi connectivity index (χ0v) is 17.2. The molecule has 2 amide bonds. The predicted molar refractivity (Wildman–Crippen MR) is 109 cm³/mol. The van der Waals surface area contributed by atoms with Gasteiger partial charge in [0, 0.05) is 37.1 Å². The Bertz CT molecular complexity index is 735. The summed E-state index contributed by atoms with van der Waals surface area (Å²) in [5, 5.41) is 13.1. The number of piperidine rings is 2. The fourth-order valence-electron chi connectivity index (χ4n) is 5.36. The maximum atomic E-state index is 13.6. The summed E-state index contributed by atoms with van der Waals surface area (Å²) < 4.78 is 0. The Labute approximate surface area is 172 Å². The number of fused-ring (bicyclic) bond motifs is 1. The Morgan fingerprint density at radius 1 is 1.14 bits per heavy atom. The van der Waals surface area contributed by atoms with Gasteiger partial charge in [-0.3, -0.25) is 14.6 Å². The largest absolute Gasteiger partial charge is 0.393 e. The van der Waals surface area contributed by atoms with Crippen LogP contribution in [0, 0.1) is 5.41 Å². The first-order chi connectivity index (χ1) is 14.0. The lowest BCUT2D eigenvalue weighted by atomic mass is 9.67. The number of aromatic nitrogens is 1. The van der Waals surface area contributed by atoms with Gasteiger partial charge < -0.3 is 20.2 Å². The van der Waals surface area contributed by atoms with Gasteiger partial charge in [-0.2, -0.15) is 0 Å². The summed E-state index contributed by atoms with van der Waals surface area (Å²) in [7, 11) is 2.06. The van der Waals surface area contributed by atoms with Crippen molar-refractivity contribution >= 4 is 11.8 Å². The van der Waals surface area contributed by atoms with Crippen LogP contribution in [0.4, 0.5) is 0 Å². The number of aliphatic hydroxyl groups excluding tert-OH is 1. The van der Waals surface area contributed by atoms with Gasteiger partial charge in [0.1, 0.15) is 0 Å². The second-order valence-corrected chi connectivity index (χ2v) is 9.00. The van der Waals surface area contributed by atoms with E-state index in [9.17, 15) is 14.7 Å². The van der Waals surface area contributed by atoms with E-state index in [2.05, 4.69) is 22.2 Å². The highest BCUT2D eigenvalue weighted by Crippen LogP contribution is 2.43. The standard InChI is InChI=1S/C22H32N4O3/c1-25-14-10-22(21(29)24-17-3-5-18(27)6-4-17)9-2-13-26(19(22)15-25)20(28)16-7-11-23-12-8-16/h7-8,11-12,17-19,27H,2-6,9-10,13-15H2,1H3,(H,24,29)/t17?,18?,19-,22+/m0/s1. The fourth-order valence-corrected chi connectivity index (χ4v) is 5.36. The Morgan fingerprint density at radius 2 is 1.86 bits per heavy atom. The molecule has 3 aliphatic rings. The van der Waals surface area contributed by atoms with E-state index in [1.807, 2.05) is 4.90 Å². The minimum atomic E-state index is -0.524. The number of nitrogens with zero attached hydrogens (tertiary/aromatic N) is 3. The monoisotopic (exact) mass is 400 g/mol. The summed E-state index contributed by atoms with van der Waals surface area (Å²) in [5.41, 5.74) is 0.106. The van der Waals surface area contributed by atoms with Gasteiger partial charge in [-0.05, 0) is 70.7 Å². The van der Waals surface area contributed by atoms with Crippen LogP contribution in [-0.4, -0.2) is 76.6 Å². The lowest BCUT2D eigenvalue weighted by molar-refractivity contribution is -0.143. The summed E-state index contributed by atoms with van der Waals surface area (Å²) in [5.74, 6) is 0.0922. The molecule has 7 heteroatoms. The molecule has 1 aromatic rings. The van der Waals surface area contributed by atoms with Gasteiger partial charge in [0.2, 0.25) is 5.91 Å². The number of nitrogens with one attached hydrogen (secondary N) is 1. The molecule has 0 aromatic carbocycles. The number of pyridine rings is 1. The van der Waals surface area contributed by atoms with Crippen molar-refractivity contribution < 1.29 is 14.7 Å². The van der Waals surface area contributed by atoms with Crippen molar-refractivity contribution in [1.29, 1.82) is 0 Å². The lowest BCUT2D eigenvalue weighted by Crippen LogP contribution is -2.67. The Balaban J connectivity index is 1.56. The number of carbonyl (C=O) groups excluding carboxylic acids is 2. The van der Waals surface area contributed by atoms with E-state index in [4.69, 9.17) is 0 Å². The van der Waals surface area contributed by atoms with Crippen LogP contribution in [0.25, 0.3) is 0 Å². The van der Waals surface area contributed by atoms with Crippen LogP contribution in [-0.2, 0) is 4.79 Å². The van der Waals surface area contributed by atoms with Crippen LogP contribution in [0.2, 0.25) is 0 Å². The molecule has 0 unspecified atom stereocenters. The molecule has 1 aromatic heterocycles. The average molecular weight is 401 g/mol. The molecule has 1 aliphatic carbocycles. The van der Waals surface area contributed by atoms with Gasteiger partial charge in [0.25, 0.3) is 5.91 Å². The van der Waals surface area contributed by atoms with Crippen molar-refractivity contribution in [3.05, 3.63) is 30.1 Å². The van der Waals surface area contributed by atoms with Gasteiger partial charge in [0.15, 0.2) is 0 Å². The quantitative estimate of drug-likeness (QED) is 0.802. The van der Waals surface area contributed by atoms with Gasteiger partial charge in [-0.25, -0.2) is 0 Å². The number of carbonyl (C=O) groups is 2. The third kappa shape index (κ3) is 4.03. The zero-order chi connectivity index (χ0) is 20.4. The summed E-state index contributed by atoms with van der Waals surface area (Å²) in [6.45, 7) is 2.27. The van der Waals surface area contributed by atoms with Gasteiger partial charge in [0.05, 0.1) is 17.6 Å². The molecule has 2 atom stereocenters. The maximum absolute atomic E-state index is 13.6. The lowest BCUT2D eigenvalue weighted by Gasteiger charge is -2.53. The van der Waals surface area contributed by atoms with Gasteiger partial charge in [-0.15, -0.1) is 0 Å². The van der Waals surface area contributed by atoms with Crippen molar-refractivity contribution in [1.82, 2.24) is 20.1 Å². The second kappa shape index (κ2) is 8.40. The van der Waals surface area contributed by atoms with Crippen LogP contribution in [0.15, 0.2) is 24.5 Å². The van der Waals surface area contributed by atoms with E-state index in [-0.39, 0.29) is 30.0 Å². The van der Waals surface area contributed by atoms with Crippen LogP contribution in [0.1, 0.15) is 55.3 Å². The first kappa shape index (κ1) is 20.3. The summed E-state index contributed by atoms with van der Waals surface area (Å²) in [4.78, 5) is 35.0. The van der Waals surface area contributed by atoms with Gasteiger partial charge >= 0.3 is 0 Å². The van der Waals surface area contributed by atoms with E-state index >= 15 is 0 Å². The molecule has 2 saturated heterocycles. The van der Waals surface area contributed by atoms with Crippen LogP contribution in [0.5, 0.6) is 0 Å². The first-order valence-electron chi connectivity index (χ1n) is 10.9. The number of hydrogen-bond acceptors (Lipinski definition) is 5. The van der Waals surface area contributed by atoms with Crippen molar-refractivity contribution in [3.63, 3.8) is 0 Å². The second-order valence-electron chi connectivity index (χ2n) is 9.00. The first-order valence-corrected chi connectivity index (χ1v) is 10.9. The highest BCUT2D eigenvalue weighted by molar-refractivity contribution is 5.95. The van der Waals surface area contributed by atoms with Crippen molar-refractivity contribution in [2.45, 2.75) is 63.1 Å². The van der Waals surface area contributed by atoms with Crippen LogP contribution >= 0.6 is 0 Å². The molecule has 158 valence electrons. The third-order valence-electron chi connectivity index (χ3n) is 7.13. The molecule has 3 heterocycles. The number of aliphatic hydroxyl groups is 1. The van der Waals surface area contributed by atoms with E-state index in [0.717, 1.165) is 51.5 Å². The SMILES string of the molecule is CN1CC[C@]2(C(=O)NC3CCC(O)CC3)CCCN(C(=O)c3ccncc3)[C@H]2C1. The number of amides is 2. The van der Waals surface area contributed by atoms with Crippen molar-refractivity contribution in [2.24, 2.45) is 5.41 Å². The smallest absolute Gasteiger partial charge is 0.254 e. The number of likely N-dealkylation sites (N-methyl/N-ethyl adjacent to an activating group) is 1. The topological polar surface area (TPSA) is 85.8 Å². The Kier molecular flexibility index (Phi) is 5.88. The maximum Gasteiger partial charge on any atom is 0.254 e. The molecular formula is C22H32N4O3. The number of likely N-dealkylation sites (tertiary alicyclic amines) is 2. The molecule has 29 heavy (non-hydrogen) atoms. The van der Waals surface area contributed by atoms with Crippen LogP contribution < -0.4 is 5.32 Å². The summed E-state index contributed by atoms with van der Waals surface area (Å²) >= 11 is 0. The minimum absolute atomic E-state index is 0.00892. The molecule has 1 saturated carbocycles. The molecule has 2 aliphatic heterocycles. The van der Waals surface area contributed by atoms with E-state index < -0.39 is 5.41 Å². The predicted octanol–water partition coefficient (Wildman–Crippen LogP) is 1.43. The molecular weight excluding hydrogens is 368 g/mol. The molecule has 2 N–H and O–H groups in total. The zero-order valence-electron chi connectivity index (χ0n) is 17.2. The van der Waals surface area contributed by atoms with E-state index in [0.29, 0.717) is 18.7 Å². The highest BCUT2D eigenvalue weighted by Gasteiger charge is 2.53.